The van der Waals surface area contributed by atoms with E-state index in [2.05, 4.69) is 16.8 Å². The molecular weight excluding hydrogens is 188 g/mol. The third kappa shape index (κ3) is 2.71. The van der Waals surface area contributed by atoms with Gasteiger partial charge in [-0.2, -0.15) is 0 Å². The van der Waals surface area contributed by atoms with E-state index in [1.165, 1.54) is 51.9 Å². The first kappa shape index (κ1) is 11.4. The number of nitrogens with zero attached hydrogens (tertiary/aromatic N) is 2. The highest BCUT2D eigenvalue weighted by atomic mass is 16.3. The fourth-order valence-corrected chi connectivity index (χ4v) is 3.04. The van der Waals surface area contributed by atoms with Crippen molar-refractivity contribution in [2.45, 2.75) is 31.7 Å². The molecule has 0 unspecified atom stereocenters. The van der Waals surface area contributed by atoms with Gasteiger partial charge in [0.2, 0.25) is 0 Å². The monoisotopic (exact) mass is 212 g/mol. The lowest BCUT2D eigenvalue weighted by molar-refractivity contribution is 0.0353. The molecule has 0 spiro atoms. The molecular formula is C12H24N2O. The van der Waals surface area contributed by atoms with E-state index in [1.54, 1.807) is 0 Å². The van der Waals surface area contributed by atoms with Gasteiger partial charge in [-0.3, -0.25) is 4.90 Å². The number of hydrogen-bond donors (Lipinski definition) is 1. The lowest BCUT2D eigenvalue weighted by Gasteiger charge is -2.43. The minimum Gasteiger partial charge on any atom is -0.396 e. The minimum atomic E-state index is 0.386. The second-order valence-corrected chi connectivity index (χ2v) is 5.13. The summed E-state index contributed by atoms with van der Waals surface area (Å²) in [6.45, 7) is 5.15. The molecule has 2 atom stereocenters. The molecule has 0 amide bonds. The second kappa shape index (κ2) is 5.28. The summed E-state index contributed by atoms with van der Waals surface area (Å²) in [5, 5.41) is 9.41. The smallest absolute Gasteiger partial charge is 0.0474 e. The fourth-order valence-electron chi connectivity index (χ4n) is 3.04. The van der Waals surface area contributed by atoms with Gasteiger partial charge in [0.15, 0.2) is 0 Å². The van der Waals surface area contributed by atoms with E-state index in [9.17, 15) is 5.11 Å². The summed E-state index contributed by atoms with van der Waals surface area (Å²) in [6, 6.07) is 0.664. The van der Waals surface area contributed by atoms with Crippen LogP contribution in [0.1, 0.15) is 25.7 Å². The molecule has 0 bridgehead atoms. The minimum absolute atomic E-state index is 0.386. The highest BCUT2D eigenvalue weighted by Crippen LogP contribution is 2.28. The Labute approximate surface area is 93.1 Å². The Balaban J connectivity index is 1.90. The van der Waals surface area contributed by atoms with Crippen molar-refractivity contribution in [3.05, 3.63) is 0 Å². The van der Waals surface area contributed by atoms with Gasteiger partial charge < -0.3 is 10.0 Å². The average Bonchev–Trinajstić information content (AvgIpc) is 2.30. The molecule has 0 aromatic carbocycles. The predicted octanol–water partition coefficient (Wildman–Crippen LogP) is 0.785. The summed E-state index contributed by atoms with van der Waals surface area (Å²) in [5.41, 5.74) is 0. The number of aliphatic hydroxyl groups is 1. The second-order valence-electron chi connectivity index (χ2n) is 5.13. The maximum atomic E-state index is 9.41. The molecule has 0 radical (unpaired) electrons. The summed E-state index contributed by atoms with van der Waals surface area (Å²) in [7, 11) is 2.20. The lowest BCUT2D eigenvalue weighted by atomic mass is 9.84. The van der Waals surface area contributed by atoms with Crippen molar-refractivity contribution in [2.24, 2.45) is 5.92 Å². The summed E-state index contributed by atoms with van der Waals surface area (Å²) in [5.74, 6) is 0.544. The number of aliphatic hydroxyl groups excluding tert-OH is 1. The van der Waals surface area contributed by atoms with Crippen LogP contribution < -0.4 is 0 Å². The first-order chi connectivity index (χ1) is 7.31. The Kier molecular flexibility index (Phi) is 4.00. The van der Waals surface area contributed by atoms with Gasteiger partial charge in [0, 0.05) is 38.8 Å². The Bertz CT molecular complexity index is 190. The quantitative estimate of drug-likeness (QED) is 0.733. The van der Waals surface area contributed by atoms with E-state index in [0.29, 0.717) is 18.6 Å². The van der Waals surface area contributed by atoms with E-state index >= 15 is 0 Å². The van der Waals surface area contributed by atoms with Gasteiger partial charge in [0.25, 0.3) is 0 Å². The molecule has 15 heavy (non-hydrogen) atoms. The highest BCUT2D eigenvalue weighted by Gasteiger charge is 2.30. The van der Waals surface area contributed by atoms with Crippen molar-refractivity contribution >= 4 is 0 Å². The van der Waals surface area contributed by atoms with Gasteiger partial charge in [-0.1, -0.05) is 12.8 Å². The largest absolute Gasteiger partial charge is 0.396 e. The summed E-state index contributed by atoms with van der Waals surface area (Å²) < 4.78 is 0. The Morgan fingerprint density at radius 2 is 1.73 bits per heavy atom. The van der Waals surface area contributed by atoms with Crippen molar-refractivity contribution in [3.8, 4) is 0 Å². The number of piperazine rings is 1. The van der Waals surface area contributed by atoms with Crippen LogP contribution in [-0.4, -0.2) is 60.8 Å². The van der Waals surface area contributed by atoms with E-state index < -0.39 is 0 Å². The zero-order valence-electron chi connectivity index (χ0n) is 9.86. The Morgan fingerprint density at radius 3 is 2.40 bits per heavy atom. The van der Waals surface area contributed by atoms with E-state index in [4.69, 9.17) is 0 Å². The summed E-state index contributed by atoms with van der Waals surface area (Å²) in [4.78, 5) is 5.01. The van der Waals surface area contributed by atoms with E-state index in [0.717, 1.165) is 0 Å². The first-order valence-corrected chi connectivity index (χ1v) is 6.34. The normalized spacial score (nSPS) is 35.6. The molecule has 1 aliphatic heterocycles. The van der Waals surface area contributed by atoms with Gasteiger partial charge >= 0.3 is 0 Å². The third-order valence-electron chi connectivity index (χ3n) is 4.11. The average molecular weight is 212 g/mol. The van der Waals surface area contributed by atoms with Crippen LogP contribution in [0.25, 0.3) is 0 Å². The maximum absolute atomic E-state index is 9.41. The zero-order valence-corrected chi connectivity index (χ0v) is 9.86. The first-order valence-electron chi connectivity index (χ1n) is 6.34. The van der Waals surface area contributed by atoms with E-state index in [-0.39, 0.29) is 0 Å². The standard InChI is InChI=1S/C12H24N2O/c1-13-6-8-14(9-7-13)12-5-3-2-4-11(12)10-15/h11-12,15H,2-10H2,1H3/t11-,12+/m0/s1. The number of hydrogen-bond acceptors (Lipinski definition) is 3. The molecule has 88 valence electrons. The van der Waals surface area contributed by atoms with Crippen LogP contribution in [0.2, 0.25) is 0 Å². The molecule has 2 aliphatic rings. The molecule has 1 N–H and O–H groups in total. The molecule has 2 rings (SSSR count). The topological polar surface area (TPSA) is 26.7 Å². The molecule has 3 heteroatoms. The molecule has 3 nitrogen and oxygen atoms in total. The lowest BCUT2D eigenvalue weighted by Crippen LogP contribution is -2.52. The van der Waals surface area contributed by atoms with Crippen LogP contribution in [0.5, 0.6) is 0 Å². The van der Waals surface area contributed by atoms with Gasteiger partial charge in [-0.15, -0.1) is 0 Å². The van der Waals surface area contributed by atoms with Gasteiger partial charge in [-0.25, -0.2) is 0 Å². The molecule has 0 aromatic rings. The SMILES string of the molecule is CN1CCN([C@@H]2CCCC[C@H]2CO)CC1. The highest BCUT2D eigenvalue weighted by molar-refractivity contribution is 4.85. The van der Waals surface area contributed by atoms with Crippen LogP contribution in [-0.2, 0) is 0 Å². The van der Waals surface area contributed by atoms with Gasteiger partial charge in [0.05, 0.1) is 0 Å². The maximum Gasteiger partial charge on any atom is 0.0474 e. The Morgan fingerprint density at radius 1 is 1.07 bits per heavy atom. The van der Waals surface area contributed by atoms with Crippen molar-refractivity contribution in [1.82, 2.24) is 9.80 Å². The number of rotatable bonds is 2. The van der Waals surface area contributed by atoms with Crippen LogP contribution >= 0.6 is 0 Å². The fraction of sp³-hybridized carbons (Fsp3) is 1.00. The molecule has 1 saturated heterocycles. The molecule has 1 saturated carbocycles. The van der Waals surface area contributed by atoms with Crippen LogP contribution in [0.4, 0.5) is 0 Å². The number of likely N-dealkylation sites (N-methyl/N-ethyl adjacent to an activating group) is 1. The van der Waals surface area contributed by atoms with Crippen molar-refractivity contribution in [3.63, 3.8) is 0 Å². The summed E-state index contributed by atoms with van der Waals surface area (Å²) in [6.07, 6.45) is 5.20. The predicted molar refractivity (Wildman–Crippen MR) is 61.9 cm³/mol. The van der Waals surface area contributed by atoms with Crippen molar-refractivity contribution in [2.75, 3.05) is 39.8 Å². The third-order valence-corrected chi connectivity index (χ3v) is 4.11. The molecule has 1 aliphatic carbocycles. The summed E-state index contributed by atoms with van der Waals surface area (Å²) >= 11 is 0. The molecule has 1 heterocycles. The van der Waals surface area contributed by atoms with Crippen molar-refractivity contribution in [1.29, 1.82) is 0 Å². The zero-order chi connectivity index (χ0) is 10.7. The van der Waals surface area contributed by atoms with E-state index in [1.807, 2.05) is 0 Å². The Hall–Kier alpha value is -0.120. The van der Waals surface area contributed by atoms with Crippen molar-refractivity contribution < 1.29 is 5.11 Å². The molecule has 0 aromatic heterocycles. The van der Waals surface area contributed by atoms with Crippen LogP contribution in [0, 0.1) is 5.92 Å². The van der Waals surface area contributed by atoms with Crippen LogP contribution in [0.3, 0.4) is 0 Å². The van der Waals surface area contributed by atoms with Gasteiger partial charge in [-0.05, 0) is 25.8 Å². The van der Waals surface area contributed by atoms with Gasteiger partial charge in [0.1, 0.15) is 0 Å². The molecule has 2 fully saturated rings. The van der Waals surface area contributed by atoms with Crippen LogP contribution in [0.15, 0.2) is 0 Å².